The molecule has 1 N–H and O–H groups in total. The first-order valence-electron chi connectivity index (χ1n) is 7.42. The highest BCUT2D eigenvalue weighted by Crippen LogP contribution is 2.28. The van der Waals surface area contributed by atoms with Crippen molar-refractivity contribution in [2.45, 2.75) is 12.8 Å². The number of fused-ring (bicyclic) bond motifs is 1. The number of hydrogen-bond acceptors (Lipinski definition) is 3. The molecule has 5 nitrogen and oxygen atoms in total. The monoisotopic (exact) mass is 330 g/mol. The number of amides is 1. The number of benzene rings is 2. The molecule has 0 bridgehead atoms. The molecule has 1 amide bonds. The van der Waals surface area contributed by atoms with Gasteiger partial charge >= 0.3 is 0 Å². The summed E-state index contributed by atoms with van der Waals surface area (Å²) in [5.41, 5.74) is 2.96. The molecular formula is C17H18N2O3S. The van der Waals surface area contributed by atoms with E-state index in [0.717, 1.165) is 30.3 Å². The van der Waals surface area contributed by atoms with Gasteiger partial charge < -0.3 is 4.90 Å². The van der Waals surface area contributed by atoms with Crippen molar-refractivity contribution in [2.24, 2.45) is 0 Å². The van der Waals surface area contributed by atoms with E-state index in [9.17, 15) is 13.2 Å². The molecule has 0 aliphatic carbocycles. The standard InChI is InChI=1S/C17H18N2O3S/c1-23(21,22)18-15-9-4-7-14(12-15)17(20)19-11-5-8-13-6-2-3-10-16(13)19/h2-4,6-7,9-10,12,18H,5,8,11H2,1H3. The Kier molecular flexibility index (Phi) is 4.09. The van der Waals surface area contributed by atoms with Crippen LogP contribution in [0.2, 0.25) is 0 Å². The van der Waals surface area contributed by atoms with Gasteiger partial charge in [-0.1, -0.05) is 24.3 Å². The number of carbonyl (C=O) groups excluding carboxylic acids is 1. The molecule has 0 fully saturated rings. The molecule has 120 valence electrons. The third-order valence-electron chi connectivity index (χ3n) is 3.77. The molecule has 1 heterocycles. The predicted octanol–water partition coefficient (Wildman–Crippen LogP) is 2.65. The summed E-state index contributed by atoms with van der Waals surface area (Å²) < 4.78 is 25.1. The van der Waals surface area contributed by atoms with E-state index in [1.807, 2.05) is 24.3 Å². The van der Waals surface area contributed by atoms with Gasteiger partial charge in [-0.05, 0) is 42.7 Å². The summed E-state index contributed by atoms with van der Waals surface area (Å²) in [5.74, 6) is -0.116. The Hall–Kier alpha value is -2.34. The summed E-state index contributed by atoms with van der Waals surface area (Å²) in [5, 5.41) is 0. The zero-order valence-corrected chi connectivity index (χ0v) is 13.6. The number of para-hydroxylation sites is 1. The van der Waals surface area contributed by atoms with Gasteiger partial charge in [0.05, 0.1) is 6.26 Å². The molecule has 0 radical (unpaired) electrons. The Balaban J connectivity index is 1.91. The Morgan fingerprint density at radius 3 is 2.70 bits per heavy atom. The van der Waals surface area contributed by atoms with Crippen LogP contribution in [0, 0.1) is 0 Å². The van der Waals surface area contributed by atoms with Crippen LogP contribution in [0.25, 0.3) is 0 Å². The van der Waals surface area contributed by atoms with Gasteiger partial charge in [0, 0.05) is 23.5 Å². The van der Waals surface area contributed by atoms with Gasteiger partial charge in [-0.25, -0.2) is 8.42 Å². The van der Waals surface area contributed by atoms with E-state index >= 15 is 0 Å². The molecule has 0 aromatic heterocycles. The van der Waals surface area contributed by atoms with Crippen LogP contribution < -0.4 is 9.62 Å². The number of rotatable bonds is 3. The minimum Gasteiger partial charge on any atom is -0.308 e. The van der Waals surface area contributed by atoms with Crippen molar-refractivity contribution in [1.29, 1.82) is 0 Å². The number of anilines is 2. The number of aryl methyl sites for hydroxylation is 1. The largest absolute Gasteiger partial charge is 0.308 e. The maximum Gasteiger partial charge on any atom is 0.258 e. The first-order chi connectivity index (χ1) is 10.9. The van der Waals surface area contributed by atoms with Gasteiger partial charge in [0.15, 0.2) is 0 Å². The number of nitrogens with zero attached hydrogens (tertiary/aromatic N) is 1. The lowest BCUT2D eigenvalue weighted by molar-refractivity contribution is 0.0985. The number of carbonyl (C=O) groups is 1. The van der Waals surface area contributed by atoms with Gasteiger partial charge in [0.25, 0.3) is 5.91 Å². The van der Waals surface area contributed by atoms with Gasteiger partial charge in [0.2, 0.25) is 10.0 Å². The molecule has 0 saturated heterocycles. The summed E-state index contributed by atoms with van der Waals surface area (Å²) in [7, 11) is -3.37. The van der Waals surface area contributed by atoms with Gasteiger partial charge in [-0.3, -0.25) is 9.52 Å². The lowest BCUT2D eigenvalue weighted by Gasteiger charge is -2.29. The topological polar surface area (TPSA) is 66.5 Å². The number of hydrogen-bond donors (Lipinski definition) is 1. The minimum atomic E-state index is -3.37. The Morgan fingerprint density at radius 2 is 1.91 bits per heavy atom. The second-order valence-corrected chi connectivity index (χ2v) is 7.39. The van der Waals surface area contributed by atoms with Crippen LogP contribution in [0.3, 0.4) is 0 Å². The zero-order chi connectivity index (χ0) is 16.4. The van der Waals surface area contributed by atoms with Crippen LogP contribution in [0.15, 0.2) is 48.5 Å². The SMILES string of the molecule is CS(=O)(=O)Nc1cccc(C(=O)N2CCCc3ccccc32)c1. The summed E-state index contributed by atoms with van der Waals surface area (Å²) in [4.78, 5) is 14.6. The van der Waals surface area contributed by atoms with Gasteiger partial charge in [0.1, 0.15) is 0 Å². The van der Waals surface area contributed by atoms with Crippen molar-refractivity contribution in [1.82, 2.24) is 0 Å². The van der Waals surface area contributed by atoms with E-state index < -0.39 is 10.0 Å². The molecule has 0 unspecified atom stereocenters. The second kappa shape index (κ2) is 6.04. The average molecular weight is 330 g/mol. The Labute approximate surface area is 136 Å². The van der Waals surface area contributed by atoms with E-state index in [0.29, 0.717) is 17.8 Å². The molecule has 2 aromatic carbocycles. The normalized spacial score (nSPS) is 14.2. The van der Waals surface area contributed by atoms with Crippen molar-refractivity contribution in [3.05, 3.63) is 59.7 Å². The summed E-state index contributed by atoms with van der Waals surface area (Å²) in [6, 6.07) is 14.5. The molecule has 6 heteroatoms. The fraction of sp³-hybridized carbons (Fsp3) is 0.235. The lowest BCUT2D eigenvalue weighted by Crippen LogP contribution is -2.35. The first kappa shape index (κ1) is 15.6. The maximum atomic E-state index is 12.8. The molecule has 3 rings (SSSR count). The highest BCUT2D eigenvalue weighted by Gasteiger charge is 2.23. The van der Waals surface area contributed by atoms with Crippen LogP contribution in [-0.2, 0) is 16.4 Å². The van der Waals surface area contributed by atoms with Crippen LogP contribution in [0.5, 0.6) is 0 Å². The molecule has 0 atom stereocenters. The van der Waals surface area contributed by atoms with E-state index in [1.54, 1.807) is 29.2 Å². The third-order valence-corrected chi connectivity index (χ3v) is 4.37. The van der Waals surface area contributed by atoms with Crippen LogP contribution in [-0.4, -0.2) is 27.1 Å². The molecule has 1 aliphatic heterocycles. The highest BCUT2D eigenvalue weighted by atomic mass is 32.2. The number of sulfonamides is 1. The Morgan fingerprint density at radius 1 is 1.13 bits per heavy atom. The predicted molar refractivity (Wildman–Crippen MR) is 91.3 cm³/mol. The quantitative estimate of drug-likeness (QED) is 0.941. The highest BCUT2D eigenvalue weighted by molar-refractivity contribution is 7.92. The lowest BCUT2D eigenvalue weighted by atomic mass is 10.0. The van der Waals surface area contributed by atoms with Crippen molar-refractivity contribution in [3.8, 4) is 0 Å². The second-order valence-electron chi connectivity index (χ2n) is 5.64. The molecule has 23 heavy (non-hydrogen) atoms. The zero-order valence-electron chi connectivity index (χ0n) is 12.8. The fourth-order valence-corrected chi connectivity index (χ4v) is 3.39. The Bertz CT molecular complexity index is 846. The minimum absolute atomic E-state index is 0.116. The van der Waals surface area contributed by atoms with Crippen LogP contribution in [0.4, 0.5) is 11.4 Å². The van der Waals surface area contributed by atoms with Crippen molar-refractivity contribution in [3.63, 3.8) is 0 Å². The summed E-state index contributed by atoms with van der Waals surface area (Å²) >= 11 is 0. The van der Waals surface area contributed by atoms with Crippen molar-refractivity contribution < 1.29 is 13.2 Å². The van der Waals surface area contributed by atoms with E-state index in [1.165, 1.54) is 0 Å². The first-order valence-corrected chi connectivity index (χ1v) is 9.31. The number of nitrogens with one attached hydrogen (secondary N) is 1. The summed E-state index contributed by atoms with van der Waals surface area (Å²) in [6.45, 7) is 0.666. The molecule has 0 spiro atoms. The van der Waals surface area contributed by atoms with Gasteiger partial charge in [-0.15, -0.1) is 0 Å². The van der Waals surface area contributed by atoms with Crippen molar-refractivity contribution >= 4 is 27.3 Å². The van der Waals surface area contributed by atoms with E-state index in [-0.39, 0.29) is 5.91 Å². The average Bonchev–Trinajstić information content (AvgIpc) is 2.52. The van der Waals surface area contributed by atoms with Crippen LogP contribution in [0.1, 0.15) is 22.3 Å². The van der Waals surface area contributed by atoms with Crippen LogP contribution >= 0.6 is 0 Å². The summed E-state index contributed by atoms with van der Waals surface area (Å²) in [6.07, 6.45) is 2.97. The third kappa shape index (κ3) is 3.53. The van der Waals surface area contributed by atoms with E-state index in [2.05, 4.69) is 4.72 Å². The fourth-order valence-electron chi connectivity index (χ4n) is 2.83. The molecule has 2 aromatic rings. The molecule has 1 aliphatic rings. The molecular weight excluding hydrogens is 312 g/mol. The van der Waals surface area contributed by atoms with E-state index in [4.69, 9.17) is 0 Å². The smallest absolute Gasteiger partial charge is 0.258 e. The molecule has 0 saturated carbocycles. The van der Waals surface area contributed by atoms with Gasteiger partial charge in [-0.2, -0.15) is 0 Å². The van der Waals surface area contributed by atoms with Crippen molar-refractivity contribution in [2.75, 3.05) is 22.4 Å². The maximum absolute atomic E-state index is 12.8.